The van der Waals surface area contributed by atoms with Crippen LogP contribution in [0.3, 0.4) is 0 Å². The SMILES string of the molecule is Cc1ccc(/C=N\NC(=O)COc2ccc(Cl)cc2C)o1. The average Bonchev–Trinajstić information content (AvgIpc) is 2.83. The van der Waals surface area contributed by atoms with Gasteiger partial charge in [-0.1, -0.05) is 11.6 Å². The number of amides is 1. The predicted octanol–water partition coefficient (Wildman–Crippen LogP) is 3.08. The third-order valence-corrected chi connectivity index (χ3v) is 2.87. The van der Waals surface area contributed by atoms with Gasteiger partial charge in [0.2, 0.25) is 0 Å². The topological polar surface area (TPSA) is 63.8 Å². The van der Waals surface area contributed by atoms with E-state index < -0.39 is 0 Å². The molecule has 0 saturated heterocycles. The summed E-state index contributed by atoms with van der Waals surface area (Å²) in [5, 5.41) is 4.41. The second kappa shape index (κ2) is 6.95. The van der Waals surface area contributed by atoms with E-state index in [1.54, 1.807) is 24.3 Å². The number of nitrogens with zero attached hydrogens (tertiary/aromatic N) is 1. The molecule has 0 saturated carbocycles. The molecule has 1 heterocycles. The first kappa shape index (κ1) is 15.1. The molecule has 0 aliphatic heterocycles. The van der Waals surface area contributed by atoms with Crippen LogP contribution in [0.4, 0.5) is 0 Å². The Labute approximate surface area is 127 Å². The van der Waals surface area contributed by atoms with Crippen LogP contribution in [-0.4, -0.2) is 18.7 Å². The second-order valence-corrected chi connectivity index (χ2v) is 4.88. The number of carbonyl (C=O) groups excluding carboxylic acids is 1. The summed E-state index contributed by atoms with van der Waals surface area (Å²) < 4.78 is 10.7. The van der Waals surface area contributed by atoms with E-state index >= 15 is 0 Å². The van der Waals surface area contributed by atoms with Gasteiger partial charge in [0, 0.05) is 5.02 Å². The van der Waals surface area contributed by atoms with Gasteiger partial charge in [-0.05, 0) is 49.7 Å². The minimum atomic E-state index is -0.358. The highest BCUT2D eigenvalue weighted by Crippen LogP contribution is 2.21. The van der Waals surface area contributed by atoms with E-state index in [0.717, 1.165) is 11.3 Å². The number of hydrazone groups is 1. The summed E-state index contributed by atoms with van der Waals surface area (Å²) in [6, 6.07) is 8.78. The van der Waals surface area contributed by atoms with Gasteiger partial charge < -0.3 is 9.15 Å². The Bertz CT molecular complexity index is 665. The standard InChI is InChI=1S/C15H15ClN2O3/c1-10-7-12(16)4-6-14(10)20-9-15(19)18-17-8-13-5-3-11(2)21-13/h3-8H,9H2,1-2H3,(H,18,19)/b17-8-. The molecule has 0 aliphatic carbocycles. The fraction of sp³-hybridized carbons (Fsp3) is 0.200. The molecule has 0 radical (unpaired) electrons. The highest BCUT2D eigenvalue weighted by Gasteiger charge is 2.04. The van der Waals surface area contributed by atoms with E-state index in [4.69, 9.17) is 20.8 Å². The lowest BCUT2D eigenvalue weighted by molar-refractivity contribution is -0.123. The zero-order valence-corrected chi connectivity index (χ0v) is 12.5. The lowest BCUT2D eigenvalue weighted by Crippen LogP contribution is -2.24. The van der Waals surface area contributed by atoms with Crippen molar-refractivity contribution < 1.29 is 13.9 Å². The summed E-state index contributed by atoms with van der Waals surface area (Å²) in [7, 11) is 0. The van der Waals surface area contributed by atoms with Gasteiger partial charge in [0.1, 0.15) is 17.3 Å². The summed E-state index contributed by atoms with van der Waals surface area (Å²) >= 11 is 5.85. The van der Waals surface area contributed by atoms with Crippen LogP contribution in [0.25, 0.3) is 0 Å². The van der Waals surface area contributed by atoms with E-state index in [1.807, 2.05) is 19.9 Å². The van der Waals surface area contributed by atoms with E-state index in [9.17, 15) is 4.79 Å². The largest absolute Gasteiger partial charge is 0.483 e. The predicted molar refractivity (Wildman–Crippen MR) is 80.9 cm³/mol. The Hall–Kier alpha value is -2.27. The first-order chi connectivity index (χ1) is 10.0. The number of halogens is 1. The summed E-state index contributed by atoms with van der Waals surface area (Å²) in [6.45, 7) is 3.56. The van der Waals surface area contributed by atoms with Crippen molar-refractivity contribution in [2.45, 2.75) is 13.8 Å². The molecule has 2 rings (SSSR count). The van der Waals surface area contributed by atoms with Crippen LogP contribution in [0.15, 0.2) is 39.9 Å². The van der Waals surface area contributed by atoms with Gasteiger partial charge in [0.05, 0.1) is 6.21 Å². The van der Waals surface area contributed by atoms with E-state index in [-0.39, 0.29) is 12.5 Å². The molecule has 0 aliphatic rings. The van der Waals surface area contributed by atoms with Crippen LogP contribution in [0.1, 0.15) is 17.1 Å². The zero-order chi connectivity index (χ0) is 15.2. The van der Waals surface area contributed by atoms with E-state index in [2.05, 4.69) is 10.5 Å². The Morgan fingerprint density at radius 2 is 2.19 bits per heavy atom. The van der Waals surface area contributed by atoms with Gasteiger partial charge in [-0.2, -0.15) is 5.10 Å². The lowest BCUT2D eigenvalue weighted by atomic mass is 10.2. The van der Waals surface area contributed by atoms with E-state index in [1.165, 1.54) is 6.21 Å². The van der Waals surface area contributed by atoms with Crippen molar-refractivity contribution in [2.24, 2.45) is 5.10 Å². The molecule has 0 unspecified atom stereocenters. The maximum absolute atomic E-state index is 11.6. The Kier molecular flexibility index (Phi) is 5.00. The molecule has 1 amide bonds. The van der Waals surface area contributed by atoms with Crippen LogP contribution >= 0.6 is 11.6 Å². The van der Waals surface area contributed by atoms with Crippen LogP contribution in [0, 0.1) is 13.8 Å². The molecule has 0 spiro atoms. The summed E-state index contributed by atoms with van der Waals surface area (Å²) in [5.41, 5.74) is 3.23. The fourth-order valence-corrected chi connectivity index (χ4v) is 1.87. The Morgan fingerprint density at radius 3 is 2.86 bits per heavy atom. The quantitative estimate of drug-likeness (QED) is 0.682. The van der Waals surface area contributed by atoms with Crippen LogP contribution in [-0.2, 0) is 4.79 Å². The molecular formula is C15H15ClN2O3. The maximum atomic E-state index is 11.6. The Balaban J connectivity index is 1.81. The average molecular weight is 307 g/mol. The smallest absolute Gasteiger partial charge is 0.277 e. The first-order valence-corrected chi connectivity index (χ1v) is 6.69. The molecule has 1 N–H and O–H groups in total. The second-order valence-electron chi connectivity index (χ2n) is 4.44. The monoisotopic (exact) mass is 306 g/mol. The van der Waals surface area contributed by atoms with Crippen LogP contribution in [0.2, 0.25) is 5.02 Å². The van der Waals surface area contributed by atoms with Crippen molar-refractivity contribution in [3.05, 3.63) is 52.4 Å². The van der Waals surface area contributed by atoms with Crippen molar-refractivity contribution in [1.82, 2.24) is 5.43 Å². The molecule has 2 aromatic rings. The van der Waals surface area contributed by atoms with Gasteiger partial charge in [-0.25, -0.2) is 5.43 Å². The van der Waals surface area contributed by atoms with Crippen LogP contribution < -0.4 is 10.2 Å². The van der Waals surface area contributed by atoms with Gasteiger partial charge in [0.25, 0.3) is 5.91 Å². The molecule has 0 fully saturated rings. The molecule has 110 valence electrons. The molecule has 1 aromatic carbocycles. The molecule has 6 heteroatoms. The van der Waals surface area contributed by atoms with Crippen molar-refractivity contribution in [1.29, 1.82) is 0 Å². The molecule has 1 aromatic heterocycles. The van der Waals surface area contributed by atoms with Crippen molar-refractivity contribution >= 4 is 23.7 Å². The van der Waals surface area contributed by atoms with Crippen LogP contribution in [0.5, 0.6) is 5.75 Å². The van der Waals surface area contributed by atoms with Crippen molar-refractivity contribution in [2.75, 3.05) is 6.61 Å². The summed E-state index contributed by atoms with van der Waals surface area (Å²) in [4.78, 5) is 11.6. The number of nitrogens with one attached hydrogen (secondary N) is 1. The molecule has 0 bridgehead atoms. The normalized spacial score (nSPS) is 10.8. The first-order valence-electron chi connectivity index (χ1n) is 6.32. The Morgan fingerprint density at radius 1 is 1.38 bits per heavy atom. The third kappa shape index (κ3) is 4.65. The number of benzene rings is 1. The number of hydrogen-bond donors (Lipinski definition) is 1. The number of ether oxygens (including phenoxy) is 1. The van der Waals surface area contributed by atoms with Crippen molar-refractivity contribution in [3.63, 3.8) is 0 Å². The minimum absolute atomic E-state index is 0.128. The molecule has 5 nitrogen and oxygen atoms in total. The molecular weight excluding hydrogens is 292 g/mol. The van der Waals surface area contributed by atoms with Gasteiger partial charge >= 0.3 is 0 Å². The van der Waals surface area contributed by atoms with Gasteiger partial charge in [0.15, 0.2) is 6.61 Å². The highest BCUT2D eigenvalue weighted by molar-refractivity contribution is 6.30. The number of hydrogen-bond acceptors (Lipinski definition) is 4. The number of aryl methyl sites for hydroxylation is 2. The zero-order valence-electron chi connectivity index (χ0n) is 11.7. The number of carbonyl (C=O) groups is 1. The van der Waals surface area contributed by atoms with Crippen molar-refractivity contribution in [3.8, 4) is 5.75 Å². The van der Waals surface area contributed by atoms with Gasteiger partial charge in [-0.3, -0.25) is 4.79 Å². The number of rotatable bonds is 5. The minimum Gasteiger partial charge on any atom is -0.483 e. The highest BCUT2D eigenvalue weighted by atomic mass is 35.5. The number of furan rings is 1. The lowest BCUT2D eigenvalue weighted by Gasteiger charge is -2.08. The summed E-state index contributed by atoms with van der Waals surface area (Å²) in [6.07, 6.45) is 1.43. The fourth-order valence-electron chi connectivity index (χ4n) is 1.64. The maximum Gasteiger partial charge on any atom is 0.277 e. The van der Waals surface area contributed by atoms with E-state index in [0.29, 0.717) is 16.5 Å². The van der Waals surface area contributed by atoms with Gasteiger partial charge in [-0.15, -0.1) is 0 Å². The molecule has 21 heavy (non-hydrogen) atoms. The third-order valence-electron chi connectivity index (χ3n) is 2.64. The molecule has 0 atom stereocenters. The summed E-state index contributed by atoms with van der Waals surface area (Å²) in [5.74, 6) is 1.61.